The molecule has 2 rings (SSSR count). The third-order valence-electron chi connectivity index (χ3n) is 2.35. The van der Waals surface area contributed by atoms with Crippen LogP contribution in [0.5, 0.6) is 0 Å². The fraction of sp³-hybridized carbons (Fsp3) is 0.556. The Bertz CT molecular complexity index is 253. The Morgan fingerprint density at radius 3 is 2.75 bits per heavy atom. The van der Waals surface area contributed by atoms with E-state index in [1.807, 2.05) is 6.08 Å². The summed E-state index contributed by atoms with van der Waals surface area (Å²) < 4.78 is 5.09. The van der Waals surface area contributed by atoms with Crippen molar-refractivity contribution in [3.63, 3.8) is 0 Å². The normalized spacial score (nSPS) is 27.2. The Hall–Kier alpha value is -0.310. The Kier molecular flexibility index (Phi) is 1.99. The number of hydrogen-bond acceptors (Lipinski definition) is 2. The lowest BCUT2D eigenvalue weighted by Crippen LogP contribution is -2.58. The van der Waals surface area contributed by atoms with Gasteiger partial charge in [0.2, 0.25) is 0 Å². The van der Waals surface area contributed by atoms with E-state index in [1.54, 1.807) is 0 Å². The van der Waals surface area contributed by atoms with Crippen molar-refractivity contribution >= 4 is 11.6 Å². The number of ether oxygens (including phenoxy) is 1. The van der Waals surface area contributed by atoms with Crippen molar-refractivity contribution in [2.75, 3.05) is 13.2 Å². The molecule has 0 aromatic heterocycles. The lowest BCUT2D eigenvalue weighted by Gasteiger charge is -2.39. The van der Waals surface area contributed by atoms with Gasteiger partial charge in [0.05, 0.1) is 18.8 Å². The van der Waals surface area contributed by atoms with E-state index >= 15 is 0 Å². The maximum absolute atomic E-state index is 6.04. The topological polar surface area (TPSA) is 35.2 Å². The summed E-state index contributed by atoms with van der Waals surface area (Å²) in [4.78, 5) is 0. The van der Waals surface area contributed by atoms with Crippen molar-refractivity contribution in [2.45, 2.75) is 18.4 Å². The highest BCUT2D eigenvalue weighted by atomic mass is 35.5. The number of allylic oxidation sites excluding steroid dienone is 2. The Balaban J connectivity index is 2.18. The fourth-order valence-corrected chi connectivity index (χ4v) is 1.73. The lowest BCUT2D eigenvalue weighted by molar-refractivity contribution is -0.0324. The molecule has 0 aromatic rings. The molecule has 2 aliphatic rings. The highest BCUT2D eigenvalue weighted by molar-refractivity contribution is 6.29. The lowest BCUT2D eigenvalue weighted by atomic mass is 9.85. The molecule has 2 nitrogen and oxygen atoms in total. The molecule has 0 saturated carbocycles. The largest absolute Gasteiger partial charge is 0.377 e. The van der Waals surface area contributed by atoms with Gasteiger partial charge in [0, 0.05) is 5.03 Å². The Morgan fingerprint density at radius 1 is 1.50 bits per heavy atom. The van der Waals surface area contributed by atoms with Gasteiger partial charge in [0.1, 0.15) is 0 Å². The van der Waals surface area contributed by atoms with Gasteiger partial charge in [-0.1, -0.05) is 17.7 Å². The molecule has 0 amide bonds. The summed E-state index contributed by atoms with van der Waals surface area (Å²) in [6, 6.07) is 0. The second-order valence-electron chi connectivity index (χ2n) is 3.44. The van der Waals surface area contributed by atoms with Crippen molar-refractivity contribution in [2.24, 2.45) is 5.73 Å². The van der Waals surface area contributed by atoms with E-state index in [2.05, 4.69) is 6.08 Å². The van der Waals surface area contributed by atoms with Crippen LogP contribution in [0.25, 0.3) is 0 Å². The molecule has 0 unspecified atom stereocenters. The summed E-state index contributed by atoms with van der Waals surface area (Å²) in [5.41, 5.74) is 6.94. The zero-order chi connectivity index (χ0) is 8.60. The van der Waals surface area contributed by atoms with Crippen LogP contribution in [0.15, 0.2) is 22.8 Å². The zero-order valence-corrected chi connectivity index (χ0v) is 7.60. The summed E-state index contributed by atoms with van der Waals surface area (Å²) in [5, 5.41) is 0.907. The van der Waals surface area contributed by atoms with Gasteiger partial charge in [0.15, 0.2) is 0 Å². The molecule has 12 heavy (non-hydrogen) atoms. The van der Waals surface area contributed by atoms with Crippen LogP contribution in [0, 0.1) is 0 Å². The summed E-state index contributed by atoms with van der Waals surface area (Å²) in [5.74, 6) is 0. The quantitative estimate of drug-likeness (QED) is 0.673. The molecule has 1 heterocycles. The molecule has 0 radical (unpaired) electrons. The van der Waals surface area contributed by atoms with Crippen LogP contribution in [-0.2, 0) is 4.74 Å². The van der Waals surface area contributed by atoms with Crippen molar-refractivity contribution in [3.05, 3.63) is 22.8 Å². The average Bonchev–Trinajstić information content (AvgIpc) is 2.00. The van der Waals surface area contributed by atoms with Gasteiger partial charge in [0.25, 0.3) is 0 Å². The first kappa shape index (κ1) is 8.30. The molecule has 1 fully saturated rings. The monoisotopic (exact) mass is 185 g/mol. The summed E-state index contributed by atoms with van der Waals surface area (Å²) >= 11 is 5.92. The minimum Gasteiger partial charge on any atom is -0.377 e. The second kappa shape index (κ2) is 2.87. The van der Waals surface area contributed by atoms with Crippen LogP contribution in [0.2, 0.25) is 0 Å². The SMILES string of the molecule is NC1(C2=CCCC(Cl)=C2)COC1. The summed E-state index contributed by atoms with van der Waals surface area (Å²) in [6.45, 7) is 1.25. The number of rotatable bonds is 1. The van der Waals surface area contributed by atoms with Crippen molar-refractivity contribution < 1.29 is 4.74 Å². The van der Waals surface area contributed by atoms with E-state index < -0.39 is 0 Å². The molecular weight excluding hydrogens is 174 g/mol. The molecule has 2 N–H and O–H groups in total. The summed E-state index contributed by atoms with van der Waals surface area (Å²) in [7, 11) is 0. The summed E-state index contributed by atoms with van der Waals surface area (Å²) in [6.07, 6.45) is 6.09. The van der Waals surface area contributed by atoms with Crippen LogP contribution in [0.1, 0.15) is 12.8 Å². The van der Waals surface area contributed by atoms with Gasteiger partial charge in [-0.15, -0.1) is 0 Å². The molecule has 1 aliphatic carbocycles. The molecule has 3 heteroatoms. The van der Waals surface area contributed by atoms with Crippen molar-refractivity contribution in [1.29, 1.82) is 0 Å². The Morgan fingerprint density at radius 2 is 2.25 bits per heavy atom. The van der Waals surface area contributed by atoms with Gasteiger partial charge in [-0.2, -0.15) is 0 Å². The van der Waals surface area contributed by atoms with Gasteiger partial charge >= 0.3 is 0 Å². The number of hydrogen-bond donors (Lipinski definition) is 1. The first-order valence-electron chi connectivity index (χ1n) is 4.14. The van der Waals surface area contributed by atoms with Crippen LogP contribution >= 0.6 is 11.6 Å². The fourth-order valence-electron chi connectivity index (χ4n) is 1.50. The van der Waals surface area contributed by atoms with E-state index in [0.717, 1.165) is 23.4 Å². The minimum atomic E-state index is -0.249. The minimum absolute atomic E-state index is 0.249. The van der Waals surface area contributed by atoms with Crippen LogP contribution in [0.3, 0.4) is 0 Å². The average molecular weight is 186 g/mol. The molecule has 66 valence electrons. The third-order valence-corrected chi connectivity index (χ3v) is 2.65. The standard InChI is InChI=1S/C9H12ClNO/c10-8-3-1-2-7(4-8)9(11)5-12-6-9/h2,4H,1,3,5-6,11H2. The highest BCUT2D eigenvalue weighted by Crippen LogP contribution is 2.30. The molecule has 0 atom stereocenters. The first-order chi connectivity index (χ1) is 5.71. The second-order valence-corrected chi connectivity index (χ2v) is 3.92. The van der Waals surface area contributed by atoms with E-state index in [-0.39, 0.29) is 5.54 Å². The number of nitrogens with two attached hydrogens (primary N) is 1. The van der Waals surface area contributed by atoms with Gasteiger partial charge in [-0.05, 0) is 24.5 Å². The van der Waals surface area contributed by atoms with Gasteiger partial charge in [-0.3, -0.25) is 0 Å². The van der Waals surface area contributed by atoms with E-state index in [1.165, 1.54) is 0 Å². The predicted octanol–water partition coefficient (Wildman–Crippen LogP) is 1.56. The third kappa shape index (κ3) is 1.30. The van der Waals surface area contributed by atoms with Gasteiger partial charge < -0.3 is 10.5 Å². The molecule has 0 aromatic carbocycles. The van der Waals surface area contributed by atoms with Crippen molar-refractivity contribution in [1.82, 2.24) is 0 Å². The number of halogens is 1. The highest BCUT2D eigenvalue weighted by Gasteiger charge is 2.37. The van der Waals surface area contributed by atoms with Crippen molar-refractivity contribution in [3.8, 4) is 0 Å². The van der Waals surface area contributed by atoms with Crippen LogP contribution < -0.4 is 5.73 Å². The van der Waals surface area contributed by atoms with Crippen LogP contribution in [-0.4, -0.2) is 18.8 Å². The smallest absolute Gasteiger partial charge is 0.0881 e. The predicted molar refractivity (Wildman–Crippen MR) is 49.0 cm³/mol. The Labute approximate surface area is 77.0 Å². The molecular formula is C9H12ClNO. The van der Waals surface area contributed by atoms with E-state index in [0.29, 0.717) is 13.2 Å². The molecule has 1 saturated heterocycles. The zero-order valence-electron chi connectivity index (χ0n) is 6.85. The molecule has 0 bridgehead atoms. The van der Waals surface area contributed by atoms with E-state index in [4.69, 9.17) is 22.1 Å². The maximum Gasteiger partial charge on any atom is 0.0881 e. The maximum atomic E-state index is 6.04. The molecule has 0 spiro atoms. The molecule has 1 aliphatic heterocycles. The first-order valence-corrected chi connectivity index (χ1v) is 4.52. The van der Waals surface area contributed by atoms with Crippen LogP contribution in [0.4, 0.5) is 0 Å². The van der Waals surface area contributed by atoms with Gasteiger partial charge in [-0.25, -0.2) is 0 Å². The van der Waals surface area contributed by atoms with E-state index in [9.17, 15) is 0 Å².